The number of piperidine rings is 1. The van der Waals surface area contributed by atoms with Crippen molar-refractivity contribution in [2.75, 3.05) is 19.6 Å². The van der Waals surface area contributed by atoms with Gasteiger partial charge >= 0.3 is 0 Å². The first-order chi connectivity index (χ1) is 9.82. The van der Waals surface area contributed by atoms with E-state index in [1.165, 1.54) is 0 Å². The van der Waals surface area contributed by atoms with Crippen LogP contribution in [0.15, 0.2) is 9.42 Å². The highest BCUT2D eigenvalue weighted by Gasteiger charge is 2.34. The zero-order chi connectivity index (χ0) is 15.6. The maximum Gasteiger partial charge on any atom is 0.248 e. The number of sulfonamides is 1. The number of hydrogen-bond donors (Lipinski definition) is 1. The van der Waals surface area contributed by atoms with Crippen LogP contribution in [-0.4, -0.2) is 43.6 Å². The van der Waals surface area contributed by atoms with Gasteiger partial charge in [0, 0.05) is 19.1 Å². The first-order valence-corrected chi connectivity index (χ1v) is 8.92. The van der Waals surface area contributed by atoms with Gasteiger partial charge in [-0.25, -0.2) is 8.42 Å². The minimum atomic E-state index is -3.50. The third kappa shape index (κ3) is 3.64. The van der Waals surface area contributed by atoms with Crippen molar-refractivity contribution in [1.82, 2.24) is 14.8 Å². The van der Waals surface area contributed by atoms with Crippen molar-refractivity contribution >= 4 is 10.0 Å². The minimum Gasteiger partial charge on any atom is -0.360 e. The number of nitrogens with one attached hydrogen (secondary N) is 1. The first kappa shape index (κ1) is 16.5. The second-order valence-electron chi connectivity index (χ2n) is 6.09. The van der Waals surface area contributed by atoms with Crippen LogP contribution in [0.2, 0.25) is 0 Å². The summed E-state index contributed by atoms with van der Waals surface area (Å²) < 4.78 is 32.1. The Kier molecular flexibility index (Phi) is 5.06. The predicted molar refractivity (Wildman–Crippen MR) is 80.6 cm³/mol. The lowest BCUT2D eigenvalue weighted by Gasteiger charge is -2.32. The molecule has 1 unspecified atom stereocenters. The second kappa shape index (κ2) is 6.46. The van der Waals surface area contributed by atoms with Gasteiger partial charge in [-0.15, -0.1) is 0 Å². The summed E-state index contributed by atoms with van der Waals surface area (Å²) in [6, 6.07) is 0.416. The molecule has 7 heteroatoms. The van der Waals surface area contributed by atoms with Crippen molar-refractivity contribution < 1.29 is 12.9 Å². The lowest BCUT2D eigenvalue weighted by atomic mass is 9.99. The van der Waals surface area contributed by atoms with E-state index in [-0.39, 0.29) is 4.90 Å². The lowest BCUT2D eigenvalue weighted by molar-refractivity contribution is 0.256. The van der Waals surface area contributed by atoms with Crippen LogP contribution in [0.4, 0.5) is 0 Å². The summed E-state index contributed by atoms with van der Waals surface area (Å²) in [5.41, 5.74) is 0.440. The predicted octanol–water partition coefficient (Wildman–Crippen LogP) is 1.69. The van der Waals surface area contributed by atoms with Gasteiger partial charge in [-0.05, 0) is 39.2 Å². The Balaban J connectivity index is 2.13. The summed E-state index contributed by atoms with van der Waals surface area (Å²) in [7, 11) is -3.50. The molecule has 0 radical (unpaired) electrons. The van der Waals surface area contributed by atoms with Crippen LogP contribution < -0.4 is 5.32 Å². The molecule has 1 fully saturated rings. The summed E-state index contributed by atoms with van der Waals surface area (Å²) >= 11 is 0. The highest BCUT2D eigenvalue weighted by Crippen LogP contribution is 2.27. The molecule has 1 N–H and O–H groups in total. The quantitative estimate of drug-likeness (QED) is 0.895. The van der Waals surface area contributed by atoms with Crippen LogP contribution in [0.5, 0.6) is 0 Å². The summed E-state index contributed by atoms with van der Waals surface area (Å²) in [6.45, 7) is 9.50. The van der Waals surface area contributed by atoms with Crippen LogP contribution in [-0.2, 0) is 10.0 Å². The fourth-order valence-corrected chi connectivity index (χ4v) is 4.63. The summed E-state index contributed by atoms with van der Waals surface area (Å²) in [6.07, 6.45) is 1.96. The number of rotatable bonds is 5. The van der Waals surface area contributed by atoms with Crippen molar-refractivity contribution in [3.05, 3.63) is 11.5 Å². The fourth-order valence-electron chi connectivity index (χ4n) is 2.79. The molecular weight excluding hydrogens is 290 g/mol. The molecule has 120 valence electrons. The largest absolute Gasteiger partial charge is 0.360 e. The Hall–Kier alpha value is -0.920. The highest BCUT2D eigenvalue weighted by atomic mass is 32.2. The maximum atomic E-state index is 12.8. The fraction of sp³-hybridized carbons (Fsp3) is 0.786. The van der Waals surface area contributed by atoms with Gasteiger partial charge in [-0.3, -0.25) is 0 Å². The smallest absolute Gasteiger partial charge is 0.248 e. The van der Waals surface area contributed by atoms with E-state index in [9.17, 15) is 8.42 Å². The summed E-state index contributed by atoms with van der Waals surface area (Å²) in [5.74, 6) is 0.728. The molecule has 0 saturated carbocycles. The lowest BCUT2D eigenvalue weighted by Crippen LogP contribution is -2.43. The molecule has 1 aliphatic heterocycles. The Morgan fingerprint density at radius 1 is 1.43 bits per heavy atom. The Labute approximate surface area is 126 Å². The van der Waals surface area contributed by atoms with Gasteiger partial charge in [0.2, 0.25) is 10.0 Å². The molecule has 0 spiro atoms. The number of hydrogen-bond acceptors (Lipinski definition) is 5. The Bertz CT molecular complexity index is 561. The van der Waals surface area contributed by atoms with Gasteiger partial charge in [0.15, 0.2) is 5.76 Å². The van der Waals surface area contributed by atoms with Gasteiger partial charge in [-0.1, -0.05) is 19.0 Å². The standard InChI is InChI=1S/C14H25N3O3S/c1-10(2)15-8-13-6-5-7-17(9-13)21(18,19)14-11(3)16-20-12(14)4/h10,13,15H,5-9H2,1-4H3. The van der Waals surface area contributed by atoms with E-state index in [1.54, 1.807) is 18.2 Å². The van der Waals surface area contributed by atoms with Crippen LogP contribution in [0, 0.1) is 19.8 Å². The monoisotopic (exact) mass is 315 g/mol. The number of aryl methyl sites for hydroxylation is 2. The normalized spacial score (nSPS) is 21.1. The van der Waals surface area contributed by atoms with Crippen molar-refractivity contribution in [3.63, 3.8) is 0 Å². The highest BCUT2D eigenvalue weighted by molar-refractivity contribution is 7.89. The summed E-state index contributed by atoms with van der Waals surface area (Å²) in [5, 5.41) is 7.16. The van der Waals surface area contributed by atoms with E-state index in [2.05, 4.69) is 24.3 Å². The van der Waals surface area contributed by atoms with Gasteiger partial charge in [0.05, 0.1) is 0 Å². The van der Waals surface area contributed by atoms with Gasteiger partial charge in [0.25, 0.3) is 0 Å². The van der Waals surface area contributed by atoms with Gasteiger partial charge < -0.3 is 9.84 Å². The molecule has 0 bridgehead atoms. The first-order valence-electron chi connectivity index (χ1n) is 7.48. The Morgan fingerprint density at radius 3 is 2.71 bits per heavy atom. The molecule has 0 aliphatic carbocycles. The van der Waals surface area contributed by atoms with Crippen LogP contribution in [0.1, 0.15) is 38.1 Å². The molecule has 1 atom stereocenters. The van der Waals surface area contributed by atoms with E-state index in [4.69, 9.17) is 4.52 Å². The third-order valence-corrected chi connectivity index (χ3v) is 5.97. The zero-order valence-corrected chi connectivity index (χ0v) is 14.0. The zero-order valence-electron chi connectivity index (χ0n) is 13.2. The molecule has 2 rings (SSSR count). The molecule has 1 aliphatic rings. The Morgan fingerprint density at radius 2 is 2.14 bits per heavy atom. The number of nitrogens with zero attached hydrogens (tertiary/aromatic N) is 2. The molecule has 1 aromatic heterocycles. The van der Waals surface area contributed by atoms with Crippen molar-refractivity contribution in [3.8, 4) is 0 Å². The van der Waals surface area contributed by atoms with Crippen molar-refractivity contribution in [2.45, 2.75) is 51.5 Å². The molecule has 2 heterocycles. The van der Waals surface area contributed by atoms with Crippen LogP contribution in [0.3, 0.4) is 0 Å². The average Bonchev–Trinajstić information content (AvgIpc) is 2.76. The third-order valence-electron chi connectivity index (χ3n) is 3.86. The molecule has 0 aromatic carbocycles. The van der Waals surface area contributed by atoms with Gasteiger partial charge in [0.1, 0.15) is 10.6 Å². The SMILES string of the molecule is Cc1noc(C)c1S(=O)(=O)N1CCCC(CNC(C)C)C1. The topological polar surface area (TPSA) is 75.4 Å². The van der Waals surface area contributed by atoms with E-state index in [1.807, 2.05) is 0 Å². The van der Waals surface area contributed by atoms with E-state index < -0.39 is 10.0 Å². The number of aromatic nitrogens is 1. The molecule has 1 aromatic rings. The minimum absolute atomic E-state index is 0.236. The maximum absolute atomic E-state index is 12.8. The van der Waals surface area contributed by atoms with Crippen LogP contribution in [0.25, 0.3) is 0 Å². The molecule has 1 saturated heterocycles. The average molecular weight is 315 g/mol. The molecular formula is C14H25N3O3S. The van der Waals surface area contributed by atoms with Gasteiger partial charge in [-0.2, -0.15) is 4.31 Å². The molecule has 6 nitrogen and oxygen atoms in total. The van der Waals surface area contributed by atoms with Crippen molar-refractivity contribution in [2.24, 2.45) is 5.92 Å². The van der Waals surface area contributed by atoms with E-state index in [0.29, 0.717) is 36.5 Å². The molecule has 0 amide bonds. The van der Waals surface area contributed by atoms with Crippen LogP contribution >= 0.6 is 0 Å². The van der Waals surface area contributed by atoms with Crippen molar-refractivity contribution in [1.29, 1.82) is 0 Å². The van der Waals surface area contributed by atoms with E-state index >= 15 is 0 Å². The summed E-state index contributed by atoms with van der Waals surface area (Å²) in [4.78, 5) is 0.236. The molecule has 21 heavy (non-hydrogen) atoms. The second-order valence-corrected chi connectivity index (χ2v) is 7.96. The van der Waals surface area contributed by atoms with E-state index in [0.717, 1.165) is 19.4 Å².